The lowest BCUT2D eigenvalue weighted by molar-refractivity contribution is 0.0664. The van der Waals surface area contributed by atoms with Gasteiger partial charge in [-0.05, 0) is 30.2 Å². The maximum Gasteiger partial charge on any atom is 0.278 e. The zero-order valence-electron chi connectivity index (χ0n) is 18.9. The summed E-state index contributed by atoms with van der Waals surface area (Å²) in [4.78, 5) is 39.9. The van der Waals surface area contributed by atoms with E-state index in [2.05, 4.69) is 0 Å². The van der Waals surface area contributed by atoms with Crippen molar-refractivity contribution in [3.63, 3.8) is 0 Å². The molecule has 35 heavy (non-hydrogen) atoms. The molecule has 2 heterocycles. The predicted octanol–water partition coefficient (Wildman–Crippen LogP) is 2.71. The number of para-hydroxylation sites is 1. The monoisotopic (exact) mass is 483 g/mol. The topological polar surface area (TPSA) is 92.1 Å². The largest absolute Gasteiger partial charge is 0.502 e. The number of benzene rings is 2. The number of carbonyl (C=O) groups excluding carboxylic acids is 2. The normalized spacial score (nSPS) is 13.1. The molecule has 8 nitrogen and oxygen atoms in total. The van der Waals surface area contributed by atoms with Crippen molar-refractivity contribution in [3.05, 3.63) is 93.4 Å². The number of aromatic nitrogens is 1. The highest BCUT2D eigenvalue weighted by Gasteiger charge is 2.33. The van der Waals surface area contributed by atoms with E-state index in [1.807, 2.05) is 18.2 Å². The first-order valence-corrected chi connectivity index (χ1v) is 10.9. The summed E-state index contributed by atoms with van der Waals surface area (Å²) in [6.07, 6.45) is 0.907. The van der Waals surface area contributed by atoms with Gasteiger partial charge in [0, 0.05) is 25.7 Å². The fraction of sp³-hybridized carbons (Fsp3) is 0.240. The Morgan fingerprint density at radius 1 is 1.11 bits per heavy atom. The van der Waals surface area contributed by atoms with Gasteiger partial charge in [-0.2, -0.15) is 0 Å². The minimum atomic E-state index is -0.982. The molecule has 0 bridgehead atoms. The summed E-state index contributed by atoms with van der Waals surface area (Å²) in [6, 6.07) is 12.1. The van der Waals surface area contributed by atoms with Gasteiger partial charge in [-0.3, -0.25) is 24.1 Å². The third-order valence-corrected chi connectivity index (χ3v) is 5.71. The minimum Gasteiger partial charge on any atom is -0.502 e. The molecule has 0 atom stereocenters. The van der Waals surface area contributed by atoms with Crippen LogP contribution in [0.5, 0.6) is 11.5 Å². The average Bonchev–Trinajstić information content (AvgIpc) is 2.83. The SMILES string of the molecule is CN1CN(CCOc2ccccc2)C(=O)c2c(O)c(=O)c(C(=O)CCc3ccc(F)cc3F)cn21. The van der Waals surface area contributed by atoms with Gasteiger partial charge in [-0.1, -0.05) is 24.3 Å². The maximum atomic E-state index is 13.9. The van der Waals surface area contributed by atoms with E-state index >= 15 is 0 Å². The Bertz CT molecular complexity index is 1330. The summed E-state index contributed by atoms with van der Waals surface area (Å²) in [6.45, 7) is 0.529. The molecular formula is C25H23F2N3O5. The van der Waals surface area contributed by atoms with Gasteiger partial charge in [0.05, 0.1) is 12.1 Å². The highest BCUT2D eigenvalue weighted by atomic mass is 19.1. The van der Waals surface area contributed by atoms with Crippen molar-refractivity contribution in [3.8, 4) is 11.5 Å². The Balaban J connectivity index is 1.50. The number of hydrogen-bond donors (Lipinski definition) is 1. The van der Waals surface area contributed by atoms with Gasteiger partial charge < -0.3 is 14.7 Å². The van der Waals surface area contributed by atoms with E-state index in [1.165, 1.54) is 21.8 Å². The lowest BCUT2D eigenvalue weighted by Gasteiger charge is -2.37. The Hall–Kier alpha value is -4.21. The van der Waals surface area contributed by atoms with Crippen LogP contribution in [0, 0.1) is 11.6 Å². The molecule has 0 unspecified atom stereocenters. The zero-order chi connectivity index (χ0) is 25.1. The number of nitrogens with zero attached hydrogens (tertiary/aromatic N) is 3. The molecule has 1 N–H and O–H groups in total. The number of aryl methyl sites for hydroxylation is 1. The Morgan fingerprint density at radius 3 is 2.57 bits per heavy atom. The molecule has 1 aromatic heterocycles. The summed E-state index contributed by atoms with van der Waals surface area (Å²) in [5.74, 6) is -2.93. The van der Waals surface area contributed by atoms with Crippen LogP contribution in [0.1, 0.15) is 32.8 Å². The second-order valence-corrected chi connectivity index (χ2v) is 8.10. The number of hydrogen-bond acceptors (Lipinski definition) is 6. The van der Waals surface area contributed by atoms with Crippen LogP contribution in [0.15, 0.2) is 59.5 Å². The number of halogens is 2. The van der Waals surface area contributed by atoms with Crippen LogP contribution >= 0.6 is 0 Å². The van der Waals surface area contributed by atoms with Crippen molar-refractivity contribution in [1.82, 2.24) is 9.58 Å². The molecule has 0 aliphatic carbocycles. The van der Waals surface area contributed by atoms with Crippen LogP contribution in [-0.4, -0.2) is 53.2 Å². The molecule has 0 fully saturated rings. The molecule has 1 aliphatic heterocycles. The summed E-state index contributed by atoms with van der Waals surface area (Å²) in [7, 11) is 1.63. The van der Waals surface area contributed by atoms with Crippen LogP contribution in [0.2, 0.25) is 0 Å². The lowest BCUT2D eigenvalue weighted by atomic mass is 10.0. The molecule has 1 amide bonds. The number of ketones is 1. The first-order chi connectivity index (χ1) is 16.8. The van der Waals surface area contributed by atoms with E-state index < -0.39 is 34.5 Å². The Labute approximate surface area is 199 Å². The van der Waals surface area contributed by atoms with Crippen molar-refractivity contribution in [2.75, 3.05) is 31.9 Å². The third kappa shape index (κ3) is 5.01. The first-order valence-electron chi connectivity index (χ1n) is 10.9. The highest BCUT2D eigenvalue weighted by molar-refractivity contribution is 6.00. The molecule has 0 saturated carbocycles. The summed E-state index contributed by atoms with van der Waals surface area (Å²) >= 11 is 0. The lowest BCUT2D eigenvalue weighted by Crippen LogP contribution is -2.53. The number of pyridine rings is 1. The van der Waals surface area contributed by atoms with Crippen LogP contribution in [0.25, 0.3) is 0 Å². The fourth-order valence-corrected chi connectivity index (χ4v) is 3.86. The zero-order valence-corrected chi connectivity index (χ0v) is 18.9. The van der Waals surface area contributed by atoms with Gasteiger partial charge in [0.2, 0.25) is 5.43 Å². The van der Waals surface area contributed by atoms with Crippen LogP contribution in [-0.2, 0) is 6.42 Å². The van der Waals surface area contributed by atoms with Crippen LogP contribution in [0.3, 0.4) is 0 Å². The number of ether oxygens (including phenoxy) is 1. The molecule has 2 aromatic carbocycles. The number of fused-ring (bicyclic) bond motifs is 1. The molecule has 1 aliphatic rings. The quantitative estimate of drug-likeness (QED) is 0.496. The standard InChI is InChI=1S/C25H23F2N3O5/c1-28-15-29(11-12-35-18-5-3-2-4-6-18)25(34)22-24(33)23(32)19(14-30(22)28)21(31)10-8-16-7-9-17(26)13-20(16)27/h2-7,9,13-14,33H,8,10-12,15H2,1H3. The molecule has 3 aromatic rings. The molecule has 0 saturated heterocycles. The summed E-state index contributed by atoms with van der Waals surface area (Å²) < 4.78 is 33.9. The number of Topliss-reactive ketones (excluding diaryl/α,β-unsaturated/α-hetero) is 1. The van der Waals surface area contributed by atoms with Crippen molar-refractivity contribution in [2.45, 2.75) is 12.8 Å². The van der Waals surface area contributed by atoms with Crippen LogP contribution < -0.4 is 15.2 Å². The van der Waals surface area contributed by atoms with Crippen molar-refractivity contribution in [2.24, 2.45) is 0 Å². The van der Waals surface area contributed by atoms with Gasteiger partial charge in [-0.25, -0.2) is 8.78 Å². The summed E-state index contributed by atoms with van der Waals surface area (Å²) in [5, 5.41) is 12.1. The third-order valence-electron chi connectivity index (χ3n) is 5.71. The number of amides is 1. The van der Waals surface area contributed by atoms with Gasteiger partial charge >= 0.3 is 0 Å². The average molecular weight is 483 g/mol. The van der Waals surface area contributed by atoms with E-state index in [-0.39, 0.29) is 49.5 Å². The van der Waals surface area contributed by atoms with Gasteiger partial charge in [0.25, 0.3) is 5.91 Å². The van der Waals surface area contributed by atoms with E-state index in [0.29, 0.717) is 5.75 Å². The molecule has 0 radical (unpaired) electrons. The predicted molar refractivity (Wildman–Crippen MR) is 123 cm³/mol. The Morgan fingerprint density at radius 2 is 1.86 bits per heavy atom. The number of aromatic hydroxyl groups is 1. The van der Waals surface area contributed by atoms with E-state index in [4.69, 9.17) is 4.74 Å². The van der Waals surface area contributed by atoms with E-state index in [9.17, 15) is 28.3 Å². The number of carbonyl (C=O) groups is 2. The molecule has 4 rings (SSSR count). The van der Waals surface area contributed by atoms with Gasteiger partial charge in [0.15, 0.2) is 17.2 Å². The second-order valence-electron chi connectivity index (χ2n) is 8.10. The smallest absolute Gasteiger partial charge is 0.278 e. The van der Waals surface area contributed by atoms with E-state index in [1.54, 1.807) is 24.2 Å². The van der Waals surface area contributed by atoms with Gasteiger partial charge in [-0.15, -0.1) is 0 Å². The van der Waals surface area contributed by atoms with E-state index in [0.717, 1.165) is 12.1 Å². The van der Waals surface area contributed by atoms with Crippen molar-refractivity contribution in [1.29, 1.82) is 0 Å². The Kier molecular flexibility index (Phi) is 6.81. The van der Waals surface area contributed by atoms with Gasteiger partial charge in [0.1, 0.15) is 30.7 Å². The maximum absolute atomic E-state index is 13.9. The fourth-order valence-electron chi connectivity index (χ4n) is 3.86. The first kappa shape index (κ1) is 23.9. The molecule has 10 heteroatoms. The van der Waals surface area contributed by atoms with Crippen molar-refractivity contribution >= 4 is 11.7 Å². The second kappa shape index (κ2) is 9.96. The molecule has 182 valence electrons. The molecular weight excluding hydrogens is 460 g/mol. The summed E-state index contributed by atoms with van der Waals surface area (Å²) in [5.41, 5.74) is -1.44. The number of rotatable bonds is 8. The highest BCUT2D eigenvalue weighted by Crippen LogP contribution is 2.22. The van der Waals surface area contributed by atoms with Crippen LogP contribution in [0.4, 0.5) is 8.78 Å². The molecule has 0 spiro atoms. The van der Waals surface area contributed by atoms with Crippen molar-refractivity contribution < 1.29 is 28.2 Å². The minimum absolute atomic E-state index is 0.0587.